The minimum atomic E-state index is -0.151. The van der Waals surface area contributed by atoms with Gasteiger partial charge in [-0.1, -0.05) is 59.2 Å². The highest BCUT2D eigenvalue weighted by molar-refractivity contribution is 7.99. The van der Waals surface area contributed by atoms with Crippen molar-refractivity contribution in [3.8, 4) is 0 Å². The number of ketones is 1. The second kappa shape index (κ2) is 9.04. The topological polar surface area (TPSA) is 52.0 Å². The van der Waals surface area contributed by atoms with Gasteiger partial charge in [-0.2, -0.15) is 0 Å². The fourth-order valence-corrected chi connectivity index (χ4v) is 4.30. The van der Waals surface area contributed by atoms with Crippen molar-refractivity contribution in [2.75, 3.05) is 5.75 Å². The summed E-state index contributed by atoms with van der Waals surface area (Å²) in [6, 6.07) is 21.3. The zero-order valence-electron chi connectivity index (χ0n) is 15.7. The average molecular weight is 455 g/mol. The van der Waals surface area contributed by atoms with E-state index in [1.807, 2.05) is 30.3 Å². The molecule has 0 saturated heterocycles. The predicted molar refractivity (Wildman–Crippen MR) is 123 cm³/mol. The fourth-order valence-electron chi connectivity index (χ4n) is 3.06. The second-order valence-electron chi connectivity index (χ2n) is 6.65. The molecule has 0 fully saturated rings. The molecule has 7 heteroatoms. The number of halogens is 2. The summed E-state index contributed by atoms with van der Waals surface area (Å²) in [6.45, 7) is 0.314. The van der Waals surface area contributed by atoms with E-state index in [0.717, 1.165) is 5.56 Å². The van der Waals surface area contributed by atoms with Crippen molar-refractivity contribution in [2.45, 2.75) is 11.7 Å². The Morgan fingerprint density at radius 2 is 1.70 bits per heavy atom. The van der Waals surface area contributed by atoms with Crippen LogP contribution in [0.1, 0.15) is 15.9 Å². The Morgan fingerprint density at radius 1 is 0.933 bits per heavy atom. The van der Waals surface area contributed by atoms with Crippen molar-refractivity contribution >= 4 is 51.6 Å². The monoisotopic (exact) mass is 454 g/mol. The first kappa shape index (κ1) is 20.7. The molecule has 0 unspecified atom stereocenters. The molecule has 3 aromatic carbocycles. The van der Waals surface area contributed by atoms with Crippen LogP contribution in [-0.4, -0.2) is 21.1 Å². The number of benzene rings is 3. The van der Waals surface area contributed by atoms with Gasteiger partial charge in [0.2, 0.25) is 0 Å². The normalized spacial score (nSPS) is 11.0. The molecule has 1 heterocycles. The third-order valence-electron chi connectivity index (χ3n) is 4.55. The van der Waals surface area contributed by atoms with E-state index in [9.17, 15) is 9.59 Å². The van der Waals surface area contributed by atoms with E-state index in [0.29, 0.717) is 38.2 Å². The number of fused-ring (bicyclic) bond motifs is 1. The van der Waals surface area contributed by atoms with Crippen LogP contribution in [0.4, 0.5) is 0 Å². The lowest BCUT2D eigenvalue weighted by atomic mass is 10.1. The first-order chi connectivity index (χ1) is 14.5. The predicted octanol–water partition coefficient (Wildman–Crippen LogP) is 5.73. The Bertz CT molecular complexity index is 1290. The number of thioether (sulfide) groups is 1. The van der Waals surface area contributed by atoms with E-state index >= 15 is 0 Å². The molecule has 4 nitrogen and oxygen atoms in total. The van der Waals surface area contributed by atoms with E-state index in [4.69, 9.17) is 23.2 Å². The van der Waals surface area contributed by atoms with Crippen LogP contribution in [0.5, 0.6) is 0 Å². The lowest BCUT2D eigenvalue weighted by molar-refractivity contribution is 0.102. The zero-order chi connectivity index (χ0) is 21.1. The van der Waals surface area contributed by atoms with Crippen molar-refractivity contribution in [1.82, 2.24) is 9.55 Å². The van der Waals surface area contributed by atoms with Gasteiger partial charge >= 0.3 is 0 Å². The van der Waals surface area contributed by atoms with Gasteiger partial charge in [-0.3, -0.25) is 14.2 Å². The van der Waals surface area contributed by atoms with Gasteiger partial charge in [0.25, 0.3) is 5.56 Å². The zero-order valence-corrected chi connectivity index (χ0v) is 18.0. The summed E-state index contributed by atoms with van der Waals surface area (Å²) in [7, 11) is 0. The van der Waals surface area contributed by atoms with Crippen LogP contribution in [-0.2, 0) is 6.54 Å². The first-order valence-corrected chi connectivity index (χ1v) is 10.9. The number of hydrogen-bond donors (Lipinski definition) is 0. The molecule has 0 radical (unpaired) electrons. The number of aromatic nitrogens is 2. The molecule has 0 spiro atoms. The second-order valence-corrected chi connectivity index (χ2v) is 8.47. The van der Waals surface area contributed by atoms with E-state index in [2.05, 4.69) is 4.98 Å². The van der Waals surface area contributed by atoms with E-state index < -0.39 is 0 Å². The summed E-state index contributed by atoms with van der Waals surface area (Å²) in [5.41, 5.74) is 1.90. The molecular formula is C23H16Cl2N2O2S. The highest BCUT2D eigenvalue weighted by atomic mass is 35.5. The number of carbonyl (C=O) groups excluding carboxylic acids is 1. The molecule has 0 aliphatic rings. The molecule has 30 heavy (non-hydrogen) atoms. The lowest BCUT2D eigenvalue weighted by Crippen LogP contribution is -2.24. The number of Topliss-reactive ketones (excluding diaryl/α,β-unsaturated/α-hetero) is 1. The standard InChI is InChI=1S/C23H16Cl2N2O2S/c24-17-10-8-16(9-11-17)21(28)14-30-23-26-20-7-2-1-6-19(20)22(29)27(23)13-15-4-3-5-18(25)12-15/h1-12H,13-14H2. The van der Waals surface area contributed by atoms with Crippen LogP contribution in [0.2, 0.25) is 10.0 Å². The molecule has 0 N–H and O–H groups in total. The lowest BCUT2D eigenvalue weighted by Gasteiger charge is -2.13. The molecule has 0 bridgehead atoms. The summed E-state index contributed by atoms with van der Waals surface area (Å²) >= 11 is 13.2. The Labute approximate surface area is 187 Å². The van der Waals surface area contributed by atoms with Gasteiger partial charge in [0.1, 0.15) is 0 Å². The maximum Gasteiger partial charge on any atom is 0.262 e. The number of nitrogens with zero attached hydrogens (tertiary/aromatic N) is 2. The van der Waals surface area contributed by atoms with Crippen molar-refractivity contribution in [2.24, 2.45) is 0 Å². The van der Waals surface area contributed by atoms with Crippen LogP contribution < -0.4 is 5.56 Å². The van der Waals surface area contributed by atoms with Gasteiger partial charge in [-0.05, 0) is 54.1 Å². The number of rotatable bonds is 6. The SMILES string of the molecule is O=C(CSc1nc2ccccc2c(=O)n1Cc1cccc(Cl)c1)c1ccc(Cl)cc1. The van der Waals surface area contributed by atoms with E-state index in [-0.39, 0.29) is 17.1 Å². The van der Waals surface area contributed by atoms with Crippen molar-refractivity contribution in [1.29, 1.82) is 0 Å². The summed E-state index contributed by atoms with van der Waals surface area (Å²) in [5.74, 6) is 0.0930. The van der Waals surface area contributed by atoms with Crippen molar-refractivity contribution < 1.29 is 4.79 Å². The Balaban J connectivity index is 1.69. The largest absolute Gasteiger partial charge is 0.293 e. The number of hydrogen-bond acceptors (Lipinski definition) is 4. The van der Waals surface area contributed by atoms with Gasteiger partial charge in [0.15, 0.2) is 10.9 Å². The summed E-state index contributed by atoms with van der Waals surface area (Å²) in [6.07, 6.45) is 0. The summed E-state index contributed by atoms with van der Waals surface area (Å²) in [4.78, 5) is 30.4. The average Bonchev–Trinajstić information content (AvgIpc) is 2.75. The first-order valence-electron chi connectivity index (χ1n) is 9.17. The van der Waals surface area contributed by atoms with Gasteiger partial charge < -0.3 is 0 Å². The van der Waals surface area contributed by atoms with Crippen LogP contribution >= 0.6 is 35.0 Å². The van der Waals surface area contributed by atoms with Gasteiger partial charge in [0, 0.05) is 15.6 Å². The number of carbonyl (C=O) groups is 1. The highest BCUT2D eigenvalue weighted by Crippen LogP contribution is 2.21. The van der Waals surface area contributed by atoms with Gasteiger partial charge in [-0.25, -0.2) is 4.98 Å². The molecule has 1 aromatic heterocycles. The maximum atomic E-state index is 13.2. The molecular weight excluding hydrogens is 439 g/mol. The quantitative estimate of drug-likeness (QED) is 0.212. The summed E-state index contributed by atoms with van der Waals surface area (Å²) < 4.78 is 1.59. The summed E-state index contributed by atoms with van der Waals surface area (Å²) in [5, 5.41) is 2.20. The van der Waals surface area contributed by atoms with E-state index in [1.165, 1.54) is 11.8 Å². The molecule has 4 aromatic rings. The van der Waals surface area contributed by atoms with Crippen LogP contribution in [0.25, 0.3) is 10.9 Å². The minimum Gasteiger partial charge on any atom is -0.293 e. The molecule has 0 aliphatic carbocycles. The van der Waals surface area contributed by atoms with Crippen LogP contribution in [0.3, 0.4) is 0 Å². The fraction of sp³-hybridized carbons (Fsp3) is 0.0870. The molecule has 0 amide bonds. The minimum absolute atomic E-state index is 0.0617. The van der Waals surface area contributed by atoms with Gasteiger partial charge in [-0.15, -0.1) is 0 Å². The third kappa shape index (κ3) is 4.59. The highest BCUT2D eigenvalue weighted by Gasteiger charge is 2.15. The Morgan fingerprint density at radius 3 is 2.47 bits per heavy atom. The van der Waals surface area contributed by atoms with E-state index in [1.54, 1.807) is 47.0 Å². The van der Waals surface area contributed by atoms with Crippen LogP contribution in [0.15, 0.2) is 82.7 Å². The third-order valence-corrected chi connectivity index (χ3v) is 6.02. The van der Waals surface area contributed by atoms with Crippen LogP contribution in [0, 0.1) is 0 Å². The van der Waals surface area contributed by atoms with Crippen molar-refractivity contribution in [3.05, 3.63) is 104 Å². The number of para-hydroxylation sites is 1. The smallest absolute Gasteiger partial charge is 0.262 e. The molecule has 150 valence electrons. The molecule has 0 atom stereocenters. The molecule has 0 aliphatic heterocycles. The molecule has 0 saturated carbocycles. The Hall–Kier alpha value is -2.60. The molecule has 4 rings (SSSR count). The van der Waals surface area contributed by atoms with Gasteiger partial charge in [0.05, 0.1) is 23.2 Å². The Kier molecular flexibility index (Phi) is 6.23. The van der Waals surface area contributed by atoms with Crippen molar-refractivity contribution in [3.63, 3.8) is 0 Å². The maximum absolute atomic E-state index is 13.2.